The van der Waals surface area contributed by atoms with Crippen molar-refractivity contribution in [3.05, 3.63) is 179 Å². The Balaban J connectivity index is 1.24. The molecule has 1 heterocycles. The number of aliphatic imine (C=N–C) groups is 5. The van der Waals surface area contributed by atoms with Crippen LogP contribution in [0, 0.1) is 0 Å². The number of fused-ring (bicyclic) bond motifs is 3. The van der Waals surface area contributed by atoms with E-state index in [1.807, 2.05) is 102 Å². The van der Waals surface area contributed by atoms with Crippen molar-refractivity contribution in [3.63, 3.8) is 0 Å². The first-order valence-corrected chi connectivity index (χ1v) is 17.1. The molecule has 6 aromatic carbocycles. The number of nitrogens with two attached hydrogens (primary N) is 1. The van der Waals surface area contributed by atoms with Crippen molar-refractivity contribution >= 4 is 62.5 Å². The van der Waals surface area contributed by atoms with Gasteiger partial charge in [-0.15, -0.1) is 11.3 Å². The number of hydrogen-bond acceptors (Lipinski definition) is 4. The van der Waals surface area contributed by atoms with Gasteiger partial charge in [0.2, 0.25) is 0 Å². The molecule has 0 fully saturated rings. The molecule has 0 saturated carbocycles. The van der Waals surface area contributed by atoms with Crippen LogP contribution in [-0.4, -0.2) is 30.9 Å². The molecule has 0 spiro atoms. The van der Waals surface area contributed by atoms with E-state index in [0.717, 1.165) is 38.9 Å². The Morgan fingerprint density at radius 3 is 2.14 bits per heavy atom. The van der Waals surface area contributed by atoms with Gasteiger partial charge in [0.1, 0.15) is 12.5 Å². The van der Waals surface area contributed by atoms with Gasteiger partial charge < -0.3 is 5.73 Å². The zero-order valence-corrected chi connectivity index (χ0v) is 28.1. The van der Waals surface area contributed by atoms with Crippen molar-refractivity contribution in [1.82, 2.24) is 0 Å². The zero-order valence-electron chi connectivity index (χ0n) is 27.3. The largest absolute Gasteiger partial charge is 0.306 e. The van der Waals surface area contributed by atoms with Crippen molar-refractivity contribution in [1.29, 1.82) is 0 Å². The molecular formula is C43H34N6S. The first-order valence-electron chi connectivity index (χ1n) is 16.3. The van der Waals surface area contributed by atoms with Gasteiger partial charge in [0.05, 0.1) is 6.54 Å². The van der Waals surface area contributed by atoms with Crippen LogP contribution < -0.4 is 5.73 Å². The normalized spacial score (nSPS) is 13.1. The number of hydrogen-bond donors (Lipinski definition) is 1. The number of thiophene rings is 1. The van der Waals surface area contributed by atoms with Crippen LogP contribution in [-0.2, 0) is 6.54 Å². The van der Waals surface area contributed by atoms with Gasteiger partial charge in [-0.25, -0.2) is 15.0 Å². The third kappa shape index (κ3) is 7.45. The molecule has 1 atom stereocenters. The van der Waals surface area contributed by atoms with Crippen LogP contribution >= 0.6 is 11.3 Å². The van der Waals surface area contributed by atoms with Crippen LogP contribution in [0.4, 0.5) is 0 Å². The fourth-order valence-corrected chi connectivity index (χ4v) is 6.92. The summed E-state index contributed by atoms with van der Waals surface area (Å²) in [6, 6.07) is 51.3. The number of rotatable bonds is 9. The Hall–Kier alpha value is -6.15. The molecular weight excluding hydrogens is 633 g/mol. The van der Waals surface area contributed by atoms with Crippen molar-refractivity contribution < 1.29 is 0 Å². The van der Waals surface area contributed by atoms with Gasteiger partial charge in [-0.1, -0.05) is 140 Å². The minimum atomic E-state index is -0.752. The van der Waals surface area contributed by atoms with E-state index in [2.05, 4.69) is 83.4 Å². The Kier molecular flexibility index (Phi) is 9.97. The maximum atomic E-state index is 6.88. The first kappa shape index (κ1) is 32.4. The summed E-state index contributed by atoms with van der Waals surface area (Å²) in [6.07, 6.45) is 2.46. The van der Waals surface area contributed by atoms with Gasteiger partial charge >= 0.3 is 0 Å². The Bertz CT molecular complexity index is 2370. The van der Waals surface area contributed by atoms with Crippen LogP contribution in [0.5, 0.6) is 0 Å². The van der Waals surface area contributed by atoms with E-state index < -0.39 is 6.17 Å². The molecule has 7 heteroatoms. The lowest BCUT2D eigenvalue weighted by Crippen LogP contribution is -2.15. The Morgan fingerprint density at radius 1 is 0.660 bits per heavy atom. The standard InChI is InChI=1S/C43H34N6S/c1-45-29-48-43(47-28-31-14-6-3-7-15-31)38-18-9-8-17-37(38)41(44)49-42(46-27-30-12-4-2-5-13-30)33-22-20-32(21-23-33)34-24-25-36-35-16-10-11-19-39(35)50-40(36)26-34/h2-27,29,41H,1,28,44H2/b46-27?,47-43?,48-29?,49-42-. The molecule has 0 amide bonds. The topological polar surface area (TPSA) is 87.8 Å². The van der Waals surface area contributed by atoms with Gasteiger partial charge in [0.25, 0.3) is 0 Å². The average Bonchev–Trinajstić information content (AvgIpc) is 3.55. The maximum absolute atomic E-state index is 6.88. The van der Waals surface area contributed by atoms with Crippen molar-refractivity contribution in [3.8, 4) is 11.1 Å². The predicted molar refractivity (Wildman–Crippen MR) is 213 cm³/mol. The molecule has 0 aliphatic heterocycles. The van der Waals surface area contributed by atoms with Crippen molar-refractivity contribution in [2.75, 3.05) is 0 Å². The SMILES string of the molecule is C=NC=NC(=NCc1ccccc1)c1ccccc1C(N)/N=C(\N=Cc1ccccc1)c1ccc(-c2ccc3c(c2)sc2ccccc23)cc1. The maximum Gasteiger partial charge on any atom is 0.157 e. The zero-order chi connectivity index (χ0) is 34.1. The van der Waals surface area contributed by atoms with Crippen LogP contribution in [0.2, 0.25) is 0 Å². The van der Waals surface area contributed by atoms with E-state index in [1.54, 1.807) is 0 Å². The summed E-state index contributed by atoms with van der Waals surface area (Å²) in [5.41, 5.74) is 13.6. The van der Waals surface area contributed by atoms with Gasteiger partial charge in [0, 0.05) is 43.1 Å². The van der Waals surface area contributed by atoms with Gasteiger partial charge in [-0.3, -0.25) is 9.98 Å². The molecule has 242 valence electrons. The molecule has 1 unspecified atom stereocenters. The molecule has 50 heavy (non-hydrogen) atoms. The third-order valence-electron chi connectivity index (χ3n) is 8.29. The van der Waals surface area contributed by atoms with Gasteiger partial charge in [0.15, 0.2) is 11.7 Å². The van der Waals surface area contributed by atoms with E-state index in [4.69, 9.17) is 20.7 Å². The number of benzene rings is 6. The summed E-state index contributed by atoms with van der Waals surface area (Å²) >= 11 is 1.82. The monoisotopic (exact) mass is 666 g/mol. The van der Waals surface area contributed by atoms with E-state index in [-0.39, 0.29) is 0 Å². The predicted octanol–water partition coefficient (Wildman–Crippen LogP) is 9.92. The Labute approximate surface area is 295 Å². The number of amidine groups is 2. The number of nitrogens with zero attached hydrogens (tertiary/aromatic N) is 5. The molecule has 0 radical (unpaired) electrons. The lowest BCUT2D eigenvalue weighted by Gasteiger charge is -2.14. The highest BCUT2D eigenvalue weighted by molar-refractivity contribution is 7.25. The second-order valence-corrected chi connectivity index (χ2v) is 12.7. The molecule has 0 saturated heterocycles. The lowest BCUT2D eigenvalue weighted by atomic mass is 10.0. The molecule has 0 aliphatic carbocycles. The summed E-state index contributed by atoms with van der Waals surface area (Å²) in [7, 11) is 0. The fourth-order valence-electron chi connectivity index (χ4n) is 5.77. The van der Waals surface area contributed by atoms with Gasteiger partial charge in [-0.2, -0.15) is 0 Å². The Morgan fingerprint density at radius 2 is 1.34 bits per heavy atom. The molecule has 7 aromatic rings. The average molecular weight is 667 g/mol. The highest BCUT2D eigenvalue weighted by Gasteiger charge is 2.16. The molecule has 7 rings (SSSR count). The summed E-state index contributed by atoms with van der Waals surface area (Å²) in [6.45, 7) is 4.00. The highest BCUT2D eigenvalue weighted by atomic mass is 32.1. The van der Waals surface area contributed by atoms with E-state index >= 15 is 0 Å². The molecule has 6 nitrogen and oxygen atoms in total. The fraction of sp³-hybridized carbons (Fsp3) is 0.0465. The van der Waals surface area contributed by atoms with Crippen LogP contribution in [0.1, 0.15) is 34.0 Å². The lowest BCUT2D eigenvalue weighted by molar-refractivity contribution is 0.772. The van der Waals surface area contributed by atoms with E-state index in [9.17, 15) is 0 Å². The third-order valence-corrected chi connectivity index (χ3v) is 9.42. The van der Waals surface area contributed by atoms with E-state index in [1.165, 1.54) is 26.5 Å². The minimum Gasteiger partial charge on any atom is -0.306 e. The van der Waals surface area contributed by atoms with E-state index in [0.29, 0.717) is 18.2 Å². The van der Waals surface area contributed by atoms with Crippen molar-refractivity contribution in [2.45, 2.75) is 12.7 Å². The summed E-state index contributed by atoms with van der Waals surface area (Å²) in [4.78, 5) is 23.0. The van der Waals surface area contributed by atoms with Crippen LogP contribution in [0.15, 0.2) is 177 Å². The molecule has 0 bridgehead atoms. The smallest absolute Gasteiger partial charge is 0.157 e. The second-order valence-electron chi connectivity index (χ2n) is 11.6. The summed E-state index contributed by atoms with van der Waals surface area (Å²) < 4.78 is 2.57. The summed E-state index contributed by atoms with van der Waals surface area (Å²) in [5, 5.41) is 2.58. The quantitative estimate of drug-likeness (QED) is 0.121. The molecule has 2 N–H and O–H groups in total. The van der Waals surface area contributed by atoms with Crippen LogP contribution in [0.25, 0.3) is 31.3 Å². The first-order chi connectivity index (χ1) is 24.7. The molecule has 0 aliphatic rings. The van der Waals surface area contributed by atoms with Crippen LogP contribution in [0.3, 0.4) is 0 Å². The highest BCUT2D eigenvalue weighted by Crippen LogP contribution is 2.36. The molecule has 1 aromatic heterocycles. The second kappa shape index (κ2) is 15.4. The van der Waals surface area contributed by atoms with Gasteiger partial charge in [-0.05, 0) is 41.1 Å². The van der Waals surface area contributed by atoms with Crippen molar-refractivity contribution in [2.24, 2.45) is 30.7 Å². The summed E-state index contributed by atoms with van der Waals surface area (Å²) in [5.74, 6) is 1.01. The minimum absolute atomic E-state index is 0.451.